The van der Waals surface area contributed by atoms with E-state index in [1.165, 1.54) is 12.1 Å². The Bertz CT molecular complexity index is 2060. The van der Waals surface area contributed by atoms with Crippen molar-refractivity contribution in [1.82, 2.24) is 0 Å². The lowest BCUT2D eigenvalue weighted by molar-refractivity contribution is 0.0695. The zero-order chi connectivity index (χ0) is 36.3. The normalized spacial score (nSPS) is 12.0. The van der Waals surface area contributed by atoms with Crippen molar-refractivity contribution in [2.45, 2.75) is 117 Å². The Morgan fingerprint density at radius 1 is 0.500 bits per heavy atom. The number of rotatable bonds is 18. The van der Waals surface area contributed by atoms with Gasteiger partial charge in [-0.05, 0) is 99.2 Å². The number of fused-ring (bicyclic) bond motifs is 2. The average Bonchev–Trinajstić information content (AvgIpc) is 3.09. The van der Waals surface area contributed by atoms with E-state index in [-0.39, 0.29) is 33.9 Å². The van der Waals surface area contributed by atoms with E-state index in [4.69, 9.17) is 11.5 Å². The summed E-state index contributed by atoms with van der Waals surface area (Å²) in [4.78, 5) is 52.6. The molecular formula is C42H50N2O6. The van der Waals surface area contributed by atoms with Crippen LogP contribution in [0.15, 0.2) is 36.4 Å². The van der Waals surface area contributed by atoms with Gasteiger partial charge >= 0.3 is 11.9 Å². The molecule has 0 aliphatic rings. The van der Waals surface area contributed by atoms with Crippen LogP contribution in [0.5, 0.6) is 0 Å². The molecule has 0 aliphatic heterocycles. The number of hydrogen-bond donors (Lipinski definition) is 4. The summed E-state index contributed by atoms with van der Waals surface area (Å²) in [7, 11) is 0. The number of hydrogen-bond acceptors (Lipinski definition) is 4. The van der Waals surface area contributed by atoms with E-state index in [9.17, 15) is 29.4 Å². The number of aromatic carboxylic acids is 2. The first kappa shape index (κ1) is 36.6. The standard InChI is InChI=1S/C42H50N2O6/c1-5-9-13-23(14-10-6-2)31-32(24(15-11-7-3)16-12-8-4)38(40(44)46)37-28(39(43)45)20-17-26-25-18-21-29(41(47)48)34-30(42(49)50)22-19-27(33(25)34)36(31)35(26)37/h17-24H,5-16H2,1-4H3,(H2,43,45)(H2,44,46)(H,47,48)(H,49,50). The first-order valence-electron chi connectivity index (χ1n) is 18.4. The minimum absolute atomic E-state index is 0.0243. The first-order chi connectivity index (χ1) is 24.0. The third-order valence-corrected chi connectivity index (χ3v) is 10.7. The zero-order valence-corrected chi connectivity index (χ0v) is 29.8. The van der Waals surface area contributed by atoms with Gasteiger partial charge in [-0.3, -0.25) is 9.59 Å². The van der Waals surface area contributed by atoms with E-state index in [0.717, 1.165) is 93.6 Å². The Balaban J connectivity index is 2.21. The molecule has 0 saturated carbocycles. The molecule has 0 saturated heterocycles. The summed E-state index contributed by atoms with van der Waals surface area (Å²) in [5.41, 5.74) is 14.8. The third kappa shape index (κ3) is 6.36. The lowest BCUT2D eigenvalue weighted by atomic mass is 9.71. The lowest BCUT2D eigenvalue weighted by Gasteiger charge is -2.32. The molecule has 0 fully saturated rings. The van der Waals surface area contributed by atoms with Gasteiger partial charge in [0, 0.05) is 16.3 Å². The molecule has 0 heterocycles. The third-order valence-electron chi connectivity index (χ3n) is 10.7. The number of primary amides is 2. The van der Waals surface area contributed by atoms with Crippen molar-refractivity contribution in [3.05, 3.63) is 69.8 Å². The topological polar surface area (TPSA) is 161 Å². The molecular weight excluding hydrogens is 628 g/mol. The number of amides is 2. The van der Waals surface area contributed by atoms with Gasteiger partial charge in [0.2, 0.25) is 11.8 Å². The Labute approximate surface area is 293 Å². The summed E-state index contributed by atoms with van der Waals surface area (Å²) in [5.74, 6) is -3.70. The summed E-state index contributed by atoms with van der Waals surface area (Å²) in [6, 6.07) is 9.85. The highest BCUT2D eigenvalue weighted by atomic mass is 16.4. The van der Waals surface area contributed by atoms with Crippen molar-refractivity contribution >= 4 is 66.8 Å². The van der Waals surface area contributed by atoms with Crippen LogP contribution in [-0.4, -0.2) is 34.0 Å². The van der Waals surface area contributed by atoms with Crippen molar-refractivity contribution in [2.24, 2.45) is 11.5 Å². The van der Waals surface area contributed by atoms with Crippen LogP contribution in [0.2, 0.25) is 0 Å². The van der Waals surface area contributed by atoms with Gasteiger partial charge in [-0.1, -0.05) is 97.3 Å². The molecule has 0 atom stereocenters. The molecule has 0 aromatic heterocycles. The molecule has 6 N–H and O–H groups in total. The molecule has 8 heteroatoms. The molecule has 5 aromatic carbocycles. The molecule has 0 radical (unpaired) electrons. The minimum Gasteiger partial charge on any atom is -0.478 e. The molecule has 264 valence electrons. The van der Waals surface area contributed by atoms with Crippen LogP contribution in [0.1, 0.15) is 169 Å². The van der Waals surface area contributed by atoms with Gasteiger partial charge in [-0.25, -0.2) is 9.59 Å². The summed E-state index contributed by atoms with van der Waals surface area (Å²) in [6.45, 7) is 8.63. The van der Waals surface area contributed by atoms with Gasteiger partial charge in [0.15, 0.2) is 0 Å². The molecule has 0 aliphatic carbocycles. The van der Waals surface area contributed by atoms with Crippen LogP contribution in [0.25, 0.3) is 43.1 Å². The average molecular weight is 679 g/mol. The molecule has 50 heavy (non-hydrogen) atoms. The smallest absolute Gasteiger partial charge is 0.336 e. The molecule has 0 spiro atoms. The molecule has 0 bridgehead atoms. The Kier molecular flexibility index (Phi) is 11.3. The quantitative estimate of drug-likeness (QED) is 0.0532. The van der Waals surface area contributed by atoms with Gasteiger partial charge in [0.05, 0.1) is 16.7 Å². The zero-order valence-electron chi connectivity index (χ0n) is 29.8. The van der Waals surface area contributed by atoms with E-state index in [1.54, 1.807) is 24.3 Å². The molecule has 5 aromatic rings. The number of carboxylic acids is 2. The number of unbranched alkanes of at least 4 members (excludes halogenated alkanes) is 4. The summed E-state index contributed by atoms with van der Waals surface area (Å²) >= 11 is 0. The highest BCUT2D eigenvalue weighted by molar-refractivity contribution is 6.39. The number of carbonyl (C=O) groups excluding carboxylic acids is 2. The Morgan fingerprint density at radius 2 is 0.920 bits per heavy atom. The summed E-state index contributed by atoms with van der Waals surface area (Å²) in [5, 5.41) is 25.4. The Hall–Kier alpha value is -4.72. The molecule has 2 amide bonds. The van der Waals surface area contributed by atoms with E-state index in [2.05, 4.69) is 27.7 Å². The fraction of sp³-hybridized carbons (Fsp3) is 0.429. The van der Waals surface area contributed by atoms with E-state index in [1.807, 2.05) is 0 Å². The second kappa shape index (κ2) is 15.4. The van der Waals surface area contributed by atoms with Crippen LogP contribution in [0, 0.1) is 0 Å². The largest absolute Gasteiger partial charge is 0.478 e. The van der Waals surface area contributed by atoms with Crippen LogP contribution in [0.4, 0.5) is 0 Å². The fourth-order valence-electron chi connectivity index (χ4n) is 8.43. The Morgan fingerprint density at radius 3 is 1.34 bits per heavy atom. The van der Waals surface area contributed by atoms with E-state index >= 15 is 0 Å². The first-order valence-corrected chi connectivity index (χ1v) is 18.4. The minimum atomic E-state index is -1.22. The van der Waals surface area contributed by atoms with Crippen molar-refractivity contribution < 1.29 is 29.4 Å². The van der Waals surface area contributed by atoms with Crippen LogP contribution < -0.4 is 11.5 Å². The van der Waals surface area contributed by atoms with Gasteiger partial charge in [-0.2, -0.15) is 0 Å². The maximum atomic E-state index is 14.0. The second-order valence-electron chi connectivity index (χ2n) is 13.9. The van der Waals surface area contributed by atoms with Crippen LogP contribution in [0.3, 0.4) is 0 Å². The number of benzene rings is 5. The molecule has 8 nitrogen and oxygen atoms in total. The van der Waals surface area contributed by atoms with Gasteiger partial charge in [0.25, 0.3) is 0 Å². The van der Waals surface area contributed by atoms with E-state index < -0.39 is 23.8 Å². The summed E-state index contributed by atoms with van der Waals surface area (Å²) < 4.78 is 0. The second-order valence-corrected chi connectivity index (χ2v) is 13.9. The van der Waals surface area contributed by atoms with Crippen molar-refractivity contribution in [2.75, 3.05) is 0 Å². The van der Waals surface area contributed by atoms with Gasteiger partial charge < -0.3 is 21.7 Å². The van der Waals surface area contributed by atoms with Crippen molar-refractivity contribution in [3.8, 4) is 0 Å². The highest BCUT2D eigenvalue weighted by Crippen LogP contribution is 2.52. The highest BCUT2D eigenvalue weighted by Gasteiger charge is 2.34. The lowest BCUT2D eigenvalue weighted by Crippen LogP contribution is -2.22. The van der Waals surface area contributed by atoms with Gasteiger partial charge in [-0.15, -0.1) is 0 Å². The van der Waals surface area contributed by atoms with Crippen LogP contribution in [-0.2, 0) is 0 Å². The predicted octanol–water partition coefficient (Wildman–Crippen LogP) is 10.3. The molecule has 0 unspecified atom stereocenters. The number of nitrogens with two attached hydrogens (primary N) is 2. The fourth-order valence-corrected chi connectivity index (χ4v) is 8.43. The monoisotopic (exact) mass is 678 g/mol. The maximum absolute atomic E-state index is 14.0. The molecule has 5 rings (SSSR count). The van der Waals surface area contributed by atoms with Gasteiger partial charge in [0.1, 0.15) is 0 Å². The SMILES string of the molecule is CCCCC(CCCC)c1c(C(N)=O)c2c(C(N)=O)ccc3c4ccc(C(=O)O)c5c(C(=O)O)ccc(c(c1C(CCCC)CCCC)c23)c54. The van der Waals surface area contributed by atoms with Crippen molar-refractivity contribution in [1.29, 1.82) is 0 Å². The summed E-state index contributed by atoms with van der Waals surface area (Å²) in [6.07, 6.45) is 11.1. The predicted molar refractivity (Wildman–Crippen MR) is 202 cm³/mol. The maximum Gasteiger partial charge on any atom is 0.336 e. The number of carbonyl (C=O) groups is 4. The number of carboxylic acid groups (broad SMARTS) is 2. The van der Waals surface area contributed by atoms with Crippen LogP contribution >= 0.6 is 0 Å². The van der Waals surface area contributed by atoms with E-state index in [0.29, 0.717) is 37.9 Å². The van der Waals surface area contributed by atoms with Crippen molar-refractivity contribution in [3.63, 3.8) is 0 Å².